The number of carboxylic acid groups (broad SMARTS) is 1. The number of aliphatic carboxylic acids is 1. The summed E-state index contributed by atoms with van der Waals surface area (Å²) in [5.74, 6) is -1.36. The van der Waals surface area contributed by atoms with Gasteiger partial charge in [0.1, 0.15) is 17.3 Å². The fourth-order valence-corrected chi connectivity index (χ4v) is 3.54. The van der Waals surface area contributed by atoms with Crippen molar-refractivity contribution in [1.29, 1.82) is 0 Å². The van der Waals surface area contributed by atoms with E-state index < -0.39 is 27.7 Å². The van der Waals surface area contributed by atoms with Crippen LogP contribution in [0.5, 0.6) is 11.5 Å². The lowest BCUT2D eigenvalue weighted by molar-refractivity contribution is -0.136. The average Bonchev–Trinajstić information content (AvgIpc) is 2.76. The Kier molecular flexibility index (Phi) is 7.87. The molecule has 8 nitrogen and oxygen atoms in total. The van der Waals surface area contributed by atoms with Crippen LogP contribution in [-0.2, 0) is 27.8 Å². The average molecular weight is 507 g/mol. The topological polar surface area (TPSA) is 122 Å². The third-order valence-electron chi connectivity index (χ3n) is 4.53. The number of sulfonamides is 1. The molecule has 0 aliphatic carbocycles. The second kappa shape index (κ2) is 10.6. The van der Waals surface area contributed by atoms with Crippen molar-refractivity contribution in [2.45, 2.75) is 13.0 Å². The fourth-order valence-electron chi connectivity index (χ4n) is 2.94. The van der Waals surface area contributed by atoms with E-state index in [1.54, 1.807) is 30.3 Å². The summed E-state index contributed by atoms with van der Waals surface area (Å²) in [4.78, 5) is 23.4. The Morgan fingerprint density at radius 1 is 1.06 bits per heavy atom. The monoisotopic (exact) mass is 506 g/mol. The number of rotatable bonds is 9. The zero-order chi connectivity index (χ0) is 24.9. The van der Waals surface area contributed by atoms with Crippen LogP contribution in [0.4, 0.5) is 10.1 Å². The van der Waals surface area contributed by atoms with Crippen molar-refractivity contribution in [3.63, 3.8) is 0 Å². The number of benzene rings is 3. The summed E-state index contributed by atoms with van der Waals surface area (Å²) in [6.45, 7) is -0.0949. The Morgan fingerprint density at radius 2 is 1.76 bits per heavy atom. The first-order valence-corrected chi connectivity index (χ1v) is 12.1. The van der Waals surface area contributed by atoms with Crippen LogP contribution in [0.25, 0.3) is 0 Å². The molecule has 3 rings (SSSR count). The Morgan fingerprint density at radius 3 is 2.38 bits per heavy atom. The van der Waals surface area contributed by atoms with Gasteiger partial charge in [0.05, 0.1) is 17.7 Å². The predicted octanol–water partition coefficient (Wildman–Crippen LogP) is 4.20. The number of halogens is 2. The third kappa shape index (κ3) is 7.27. The first-order valence-electron chi connectivity index (χ1n) is 9.83. The zero-order valence-corrected chi connectivity index (χ0v) is 19.4. The normalized spacial score (nSPS) is 11.1. The zero-order valence-electron chi connectivity index (χ0n) is 17.8. The summed E-state index contributed by atoms with van der Waals surface area (Å²) in [5.41, 5.74) is 1.57. The summed E-state index contributed by atoms with van der Waals surface area (Å²) in [5, 5.41) is 11.5. The molecule has 0 atom stereocenters. The van der Waals surface area contributed by atoms with E-state index in [1.165, 1.54) is 24.3 Å². The summed E-state index contributed by atoms with van der Waals surface area (Å²) in [6.07, 6.45) is 0.785. The van der Waals surface area contributed by atoms with Gasteiger partial charge in [-0.25, -0.2) is 17.5 Å². The van der Waals surface area contributed by atoms with E-state index >= 15 is 0 Å². The highest BCUT2D eigenvalue weighted by Crippen LogP contribution is 2.27. The van der Waals surface area contributed by atoms with Crippen LogP contribution >= 0.6 is 11.6 Å². The first-order chi connectivity index (χ1) is 16.0. The molecule has 0 spiro atoms. The molecular formula is C23H20ClFN2O6S. The van der Waals surface area contributed by atoms with E-state index in [0.717, 1.165) is 12.3 Å². The lowest BCUT2D eigenvalue weighted by Crippen LogP contribution is -2.21. The largest absolute Gasteiger partial charge is 0.481 e. The first kappa shape index (κ1) is 25.2. The van der Waals surface area contributed by atoms with Crippen molar-refractivity contribution < 1.29 is 32.2 Å². The van der Waals surface area contributed by atoms with Crippen molar-refractivity contribution in [2.75, 3.05) is 11.6 Å². The van der Waals surface area contributed by atoms with Crippen molar-refractivity contribution in [3.05, 3.63) is 88.2 Å². The standard InChI is InChI=1S/C23H20ClFN2O6S/c1-34(31,32)26-13-16-10-14(11-22(28)29)2-9-21(16)33-18-6-3-15(4-7-18)23(30)27-17-5-8-20(25)19(24)12-17/h2-10,12,26H,11,13H2,1H3,(H,27,30)(H,28,29). The third-order valence-corrected chi connectivity index (χ3v) is 5.49. The maximum atomic E-state index is 13.3. The van der Waals surface area contributed by atoms with Gasteiger partial charge in [-0.05, 0) is 54.1 Å². The molecule has 178 valence electrons. The number of ether oxygens (including phenoxy) is 1. The van der Waals surface area contributed by atoms with Gasteiger partial charge < -0.3 is 15.2 Å². The van der Waals surface area contributed by atoms with Gasteiger partial charge in [-0.3, -0.25) is 9.59 Å². The molecule has 3 aromatic carbocycles. The SMILES string of the molecule is CS(=O)(=O)NCc1cc(CC(=O)O)ccc1Oc1ccc(C(=O)Nc2ccc(F)c(Cl)c2)cc1. The summed E-state index contributed by atoms with van der Waals surface area (Å²) >= 11 is 5.73. The van der Waals surface area contributed by atoms with Gasteiger partial charge in [-0.15, -0.1) is 0 Å². The van der Waals surface area contributed by atoms with Gasteiger partial charge in [0.2, 0.25) is 10.0 Å². The molecule has 0 saturated carbocycles. The van der Waals surface area contributed by atoms with Crippen LogP contribution in [-0.4, -0.2) is 31.7 Å². The molecule has 0 unspecified atom stereocenters. The number of nitrogens with one attached hydrogen (secondary N) is 2. The van der Waals surface area contributed by atoms with Crippen molar-refractivity contribution in [2.24, 2.45) is 0 Å². The molecule has 0 fully saturated rings. The fraction of sp³-hybridized carbons (Fsp3) is 0.130. The second-order valence-electron chi connectivity index (χ2n) is 7.32. The number of carbonyl (C=O) groups excluding carboxylic acids is 1. The molecule has 0 aliphatic rings. The van der Waals surface area contributed by atoms with Gasteiger partial charge in [0.15, 0.2) is 0 Å². The molecule has 0 aromatic heterocycles. The van der Waals surface area contributed by atoms with Crippen molar-refractivity contribution in [3.8, 4) is 11.5 Å². The number of anilines is 1. The smallest absolute Gasteiger partial charge is 0.307 e. The summed E-state index contributed by atoms with van der Waals surface area (Å²) in [7, 11) is -3.49. The Labute approximate surface area is 200 Å². The number of hydrogen-bond acceptors (Lipinski definition) is 5. The quantitative estimate of drug-likeness (QED) is 0.400. The van der Waals surface area contributed by atoms with E-state index in [0.29, 0.717) is 33.9 Å². The Hall–Kier alpha value is -3.47. The highest BCUT2D eigenvalue weighted by Gasteiger charge is 2.12. The molecule has 0 aliphatic heterocycles. The van der Waals surface area contributed by atoms with Gasteiger partial charge in [0, 0.05) is 23.4 Å². The van der Waals surface area contributed by atoms with E-state index in [-0.39, 0.29) is 18.0 Å². The van der Waals surface area contributed by atoms with Gasteiger partial charge in [-0.1, -0.05) is 23.7 Å². The number of carbonyl (C=O) groups is 2. The van der Waals surface area contributed by atoms with Crippen LogP contribution in [0.15, 0.2) is 60.7 Å². The highest BCUT2D eigenvalue weighted by atomic mass is 35.5. The van der Waals surface area contributed by atoms with E-state index in [4.69, 9.17) is 21.4 Å². The Balaban J connectivity index is 1.76. The van der Waals surface area contributed by atoms with E-state index in [9.17, 15) is 22.4 Å². The highest BCUT2D eigenvalue weighted by molar-refractivity contribution is 7.88. The molecule has 3 N–H and O–H groups in total. The van der Waals surface area contributed by atoms with Crippen LogP contribution in [0.1, 0.15) is 21.5 Å². The summed E-state index contributed by atoms with van der Waals surface area (Å²) in [6, 6.07) is 14.6. The minimum absolute atomic E-state index is 0.0949. The molecule has 34 heavy (non-hydrogen) atoms. The molecule has 11 heteroatoms. The number of carboxylic acids is 1. The van der Waals surface area contributed by atoms with Gasteiger partial charge in [-0.2, -0.15) is 0 Å². The van der Waals surface area contributed by atoms with E-state index in [1.807, 2.05) is 0 Å². The van der Waals surface area contributed by atoms with Crippen LogP contribution < -0.4 is 14.8 Å². The minimum atomic E-state index is -3.49. The molecule has 0 radical (unpaired) electrons. The molecule has 0 saturated heterocycles. The maximum Gasteiger partial charge on any atom is 0.307 e. The van der Waals surface area contributed by atoms with Crippen molar-refractivity contribution >= 4 is 39.2 Å². The Bertz CT molecular complexity index is 1330. The van der Waals surface area contributed by atoms with Gasteiger partial charge >= 0.3 is 5.97 Å². The van der Waals surface area contributed by atoms with Crippen LogP contribution in [0, 0.1) is 5.82 Å². The molecule has 1 amide bonds. The van der Waals surface area contributed by atoms with Crippen LogP contribution in [0.2, 0.25) is 5.02 Å². The van der Waals surface area contributed by atoms with Gasteiger partial charge in [0.25, 0.3) is 5.91 Å². The summed E-state index contributed by atoms with van der Waals surface area (Å²) < 4.78 is 44.5. The molecular weight excluding hydrogens is 487 g/mol. The predicted molar refractivity (Wildman–Crippen MR) is 125 cm³/mol. The van der Waals surface area contributed by atoms with Crippen molar-refractivity contribution in [1.82, 2.24) is 4.72 Å². The van der Waals surface area contributed by atoms with E-state index in [2.05, 4.69) is 10.0 Å². The molecule has 3 aromatic rings. The van der Waals surface area contributed by atoms with Crippen LogP contribution in [0.3, 0.4) is 0 Å². The number of amides is 1. The molecule has 0 bridgehead atoms. The number of hydrogen-bond donors (Lipinski definition) is 3. The second-order valence-corrected chi connectivity index (χ2v) is 9.56. The molecule has 0 heterocycles. The maximum absolute atomic E-state index is 13.3. The minimum Gasteiger partial charge on any atom is -0.481 e. The lowest BCUT2D eigenvalue weighted by atomic mass is 10.1. The lowest BCUT2D eigenvalue weighted by Gasteiger charge is -2.13.